The second kappa shape index (κ2) is 4.77. The summed E-state index contributed by atoms with van der Waals surface area (Å²) in [5.41, 5.74) is 2.30. The van der Waals surface area contributed by atoms with Gasteiger partial charge in [0.2, 0.25) is 0 Å². The average molecular weight is 311 g/mol. The number of hydrogen-bond donors (Lipinski definition) is 1. The van der Waals surface area contributed by atoms with Crippen LogP contribution in [0.5, 0.6) is 0 Å². The van der Waals surface area contributed by atoms with Crippen LogP contribution < -0.4 is 5.32 Å². The van der Waals surface area contributed by atoms with Crippen LogP contribution in [0.3, 0.4) is 0 Å². The fourth-order valence-corrected chi connectivity index (χ4v) is 2.04. The van der Waals surface area contributed by atoms with E-state index in [4.69, 9.17) is 0 Å². The van der Waals surface area contributed by atoms with E-state index in [1.165, 1.54) is 6.07 Å². The predicted octanol–water partition coefficient (Wildman–Crippen LogP) is 3.14. The van der Waals surface area contributed by atoms with Gasteiger partial charge in [-0.1, -0.05) is 0 Å². The van der Waals surface area contributed by atoms with Gasteiger partial charge in [-0.05, 0) is 28.9 Å². The van der Waals surface area contributed by atoms with Gasteiger partial charge in [0.15, 0.2) is 0 Å². The Morgan fingerprint density at radius 3 is 2.78 bits per heavy atom. The molecule has 1 aromatic carbocycles. The number of hydrogen-bond acceptors (Lipinski definition) is 4. The maximum Gasteiger partial charge on any atom is 0.273 e. The van der Waals surface area contributed by atoms with Crippen molar-refractivity contribution < 1.29 is 4.92 Å². The molecule has 0 saturated heterocycles. The first-order chi connectivity index (χ1) is 8.47. The Morgan fingerprint density at radius 1 is 1.50 bits per heavy atom. The molecule has 0 atom stereocenters. The molecule has 1 N–H and O–H groups in total. The molecule has 0 aliphatic heterocycles. The van der Waals surface area contributed by atoms with Crippen LogP contribution in [0.2, 0.25) is 0 Å². The van der Waals surface area contributed by atoms with Crippen molar-refractivity contribution in [3.05, 3.63) is 44.7 Å². The standard InChI is InChI=1S/C11H11BrN4O2/c1-7-3-10(9(12)4-11(7)16(17)18)14-8-5-13-15(2)6-8/h3-6,14H,1-2H3. The maximum absolute atomic E-state index is 10.8. The average Bonchev–Trinajstić information content (AvgIpc) is 2.68. The van der Waals surface area contributed by atoms with Gasteiger partial charge in [0, 0.05) is 29.3 Å². The van der Waals surface area contributed by atoms with Crippen LogP contribution in [-0.4, -0.2) is 14.7 Å². The van der Waals surface area contributed by atoms with E-state index >= 15 is 0 Å². The number of nitrogens with zero attached hydrogens (tertiary/aromatic N) is 3. The lowest BCUT2D eigenvalue weighted by molar-refractivity contribution is -0.385. The highest BCUT2D eigenvalue weighted by Crippen LogP contribution is 2.32. The van der Waals surface area contributed by atoms with Gasteiger partial charge in [-0.15, -0.1) is 0 Å². The molecule has 1 aromatic heterocycles. The van der Waals surface area contributed by atoms with Crippen LogP contribution in [0.15, 0.2) is 29.0 Å². The number of benzene rings is 1. The summed E-state index contributed by atoms with van der Waals surface area (Å²) in [5.74, 6) is 0. The second-order valence-electron chi connectivity index (χ2n) is 3.90. The van der Waals surface area contributed by atoms with E-state index in [2.05, 4.69) is 26.3 Å². The Hall–Kier alpha value is -1.89. The molecule has 6 nitrogen and oxygen atoms in total. The number of halogens is 1. The first kappa shape index (κ1) is 12.6. The lowest BCUT2D eigenvalue weighted by Crippen LogP contribution is -1.96. The van der Waals surface area contributed by atoms with Crippen molar-refractivity contribution in [1.29, 1.82) is 0 Å². The Labute approximate surface area is 112 Å². The molecule has 0 bridgehead atoms. The maximum atomic E-state index is 10.8. The minimum Gasteiger partial charge on any atom is -0.352 e. The van der Waals surface area contributed by atoms with Gasteiger partial charge in [-0.25, -0.2) is 0 Å². The molecular formula is C11H11BrN4O2. The Balaban J connectivity index is 2.35. The van der Waals surface area contributed by atoms with Gasteiger partial charge >= 0.3 is 0 Å². The van der Waals surface area contributed by atoms with Gasteiger partial charge in [0.05, 0.1) is 22.5 Å². The summed E-state index contributed by atoms with van der Waals surface area (Å²) >= 11 is 3.32. The van der Waals surface area contributed by atoms with E-state index in [9.17, 15) is 10.1 Å². The van der Waals surface area contributed by atoms with E-state index in [0.29, 0.717) is 10.0 Å². The molecular weight excluding hydrogens is 300 g/mol. The molecule has 0 fully saturated rings. The number of aromatic nitrogens is 2. The number of nitro benzene ring substituents is 1. The molecule has 0 radical (unpaired) electrons. The molecule has 0 unspecified atom stereocenters. The quantitative estimate of drug-likeness (QED) is 0.698. The summed E-state index contributed by atoms with van der Waals surface area (Å²) < 4.78 is 2.32. The highest BCUT2D eigenvalue weighted by atomic mass is 79.9. The Kier molecular flexibility index (Phi) is 3.33. The molecule has 0 aliphatic carbocycles. The van der Waals surface area contributed by atoms with Crippen LogP contribution in [-0.2, 0) is 7.05 Å². The molecule has 7 heteroatoms. The third-order valence-electron chi connectivity index (χ3n) is 2.47. The highest BCUT2D eigenvalue weighted by Gasteiger charge is 2.14. The van der Waals surface area contributed by atoms with Crippen LogP contribution in [0.25, 0.3) is 0 Å². The first-order valence-electron chi connectivity index (χ1n) is 5.17. The lowest BCUT2D eigenvalue weighted by atomic mass is 10.2. The van der Waals surface area contributed by atoms with Crippen molar-refractivity contribution in [2.24, 2.45) is 7.05 Å². The fourth-order valence-electron chi connectivity index (χ4n) is 1.60. The van der Waals surface area contributed by atoms with Crippen molar-refractivity contribution in [1.82, 2.24) is 9.78 Å². The molecule has 1 heterocycles. The highest BCUT2D eigenvalue weighted by molar-refractivity contribution is 9.10. The molecule has 0 saturated carbocycles. The third kappa shape index (κ3) is 2.51. The zero-order valence-corrected chi connectivity index (χ0v) is 11.4. The minimum atomic E-state index is -0.395. The number of anilines is 2. The fraction of sp³-hybridized carbons (Fsp3) is 0.182. The number of aryl methyl sites for hydroxylation is 2. The monoisotopic (exact) mass is 310 g/mol. The first-order valence-corrected chi connectivity index (χ1v) is 5.97. The minimum absolute atomic E-state index is 0.0959. The molecule has 0 spiro atoms. The van der Waals surface area contributed by atoms with E-state index in [-0.39, 0.29) is 5.69 Å². The zero-order valence-electron chi connectivity index (χ0n) is 9.85. The van der Waals surface area contributed by atoms with Gasteiger partial charge in [0.1, 0.15) is 0 Å². The molecule has 2 aromatic rings. The summed E-state index contributed by atoms with van der Waals surface area (Å²) in [6.45, 7) is 1.71. The molecule has 94 valence electrons. The number of nitrogens with one attached hydrogen (secondary N) is 1. The number of rotatable bonds is 3. The van der Waals surface area contributed by atoms with Gasteiger partial charge in [-0.3, -0.25) is 14.8 Å². The van der Waals surface area contributed by atoms with Crippen molar-refractivity contribution in [3.8, 4) is 0 Å². The van der Waals surface area contributed by atoms with Crippen LogP contribution >= 0.6 is 15.9 Å². The molecule has 2 rings (SSSR count). The van der Waals surface area contributed by atoms with Crippen molar-refractivity contribution in [2.45, 2.75) is 6.92 Å². The van der Waals surface area contributed by atoms with E-state index in [1.807, 2.05) is 13.2 Å². The molecule has 0 amide bonds. The van der Waals surface area contributed by atoms with Crippen molar-refractivity contribution in [2.75, 3.05) is 5.32 Å². The Morgan fingerprint density at radius 2 is 2.22 bits per heavy atom. The molecule has 18 heavy (non-hydrogen) atoms. The van der Waals surface area contributed by atoms with Gasteiger partial charge < -0.3 is 5.32 Å². The van der Waals surface area contributed by atoms with Gasteiger partial charge in [0.25, 0.3) is 5.69 Å². The van der Waals surface area contributed by atoms with Gasteiger partial charge in [-0.2, -0.15) is 5.10 Å². The van der Waals surface area contributed by atoms with Crippen molar-refractivity contribution in [3.63, 3.8) is 0 Å². The van der Waals surface area contributed by atoms with Crippen LogP contribution in [0.1, 0.15) is 5.56 Å². The summed E-state index contributed by atoms with van der Waals surface area (Å²) in [7, 11) is 1.82. The third-order valence-corrected chi connectivity index (χ3v) is 3.12. The normalized spacial score (nSPS) is 10.4. The molecule has 0 aliphatic rings. The SMILES string of the molecule is Cc1cc(Nc2cnn(C)c2)c(Br)cc1[N+](=O)[O-]. The summed E-state index contributed by atoms with van der Waals surface area (Å²) in [5, 5.41) is 18.0. The van der Waals surface area contributed by atoms with E-state index in [0.717, 1.165) is 11.4 Å². The summed E-state index contributed by atoms with van der Waals surface area (Å²) in [6.07, 6.45) is 3.51. The summed E-state index contributed by atoms with van der Waals surface area (Å²) in [6, 6.07) is 3.23. The topological polar surface area (TPSA) is 73.0 Å². The second-order valence-corrected chi connectivity index (χ2v) is 4.76. The largest absolute Gasteiger partial charge is 0.352 e. The van der Waals surface area contributed by atoms with E-state index < -0.39 is 4.92 Å². The van der Waals surface area contributed by atoms with Crippen molar-refractivity contribution >= 4 is 33.0 Å². The lowest BCUT2D eigenvalue weighted by Gasteiger charge is -2.07. The Bertz CT molecular complexity index is 609. The summed E-state index contributed by atoms with van der Waals surface area (Å²) in [4.78, 5) is 10.4. The van der Waals surface area contributed by atoms with E-state index in [1.54, 1.807) is 23.9 Å². The predicted molar refractivity (Wildman–Crippen MR) is 72.0 cm³/mol. The smallest absolute Gasteiger partial charge is 0.273 e. The van der Waals surface area contributed by atoms with Crippen LogP contribution in [0, 0.1) is 17.0 Å². The zero-order chi connectivity index (χ0) is 13.3. The number of nitro groups is 1. The van der Waals surface area contributed by atoms with Crippen LogP contribution in [0.4, 0.5) is 17.1 Å².